The Kier molecular flexibility index (Phi) is 4.91. The van der Waals surface area contributed by atoms with Gasteiger partial charge in [-0.05, 0) is 38.7 Å². The number of rotatable bonds is 6. The molecular weight excluding hydrogens is 334 g/mol. The summed E-state index contributed by atoms with van der Waals surface area (Å²) in [6.45, 7) is 3.81. The van der Waals surface area contributed by atoms with Crippen molar-refractivity contribution in [3.8, 4) is 6.07 Å². The van der Waals surface area contributed by atoms with Gasteiger partial charge in [0.25, 0.3) is 11.1 Å². The molecule has 26 heavy (non-hydrogen) atoms. The molecule has 0 spiro atoms. The summed E-state index contributed by atoms with van der Waals surface area (Å²) in [5.41, 5.74) is 1.33. The van der Waals surface area contributed by atoms with Gasteiger partial charge in [0.2, 0.25) is 0 Å². The van der Waals surface area contributed by atoms with Crippen LogP contribution in [0.25, 0.3) is 0 Å². The molecule has 0 bridgehead atoms. The smallest absolute Gasteiger partial charge is 0.294 e. The van der Waals surface area contributed by atoms with E-state index in [2.05, 4.69) is 15.3 Å². The summed E-state index contributed by atoms with van der Waals surface area (Å²) in [5, 5.41) is 12.3. The van der Waals surface area contributed by atoms with E-state index in [1.807, 2.05) is 6.07 Å². The number of methoxy groups -OCH3 is 1. The van der Waals surface area contributed by atoms with Crippen LogP contribution in [-0.4, -0.2) is 28.3 Å². The monoisotopic (exact) mass is 355 g/mol. The molecule has 2 heterocycles. The molecule has 1 unspecified atom stereocenters. The fraction of sp³-hybridized carbons (Fsp3) is 0.444. The predicted molar refractivity (Wildman–Crippen MR) is 96.7 cm³/mol. The average molecular weight is 355 g/mol. The molecule has 3 rings (SSSR count). The standard InChI is InChI=1S/C18H21N5O3/c1-10-6-14(11(2)20-17(10)24)22-16-18(25)23(8-13(7-19)21-16)15(9-26-3)12-4-5-12/h6,8,12,15H,4-5,9H2,1-3H3,(H,20,24)(H,21,22). The van der Waals surface area contributed by atoms with Crippen LogP contribution in [0.15, 0.2) is 21.9 Å². The minimum Gasteiger partial charge on any atom is -0.383 e. The lowest BCUT2D eigenvalue weighted by Crippen LogP contribution is -2.31. The van der Waals surface area contributed by atoms with Gasteiger partial charge in [0.05, 0.1) is 18.3 Å². The molecule has 0 aromatic carbocycles. The fourth-order valence-corrected chi connectivity index (χ4v) is 2.97. The lowest BCUT2D eigenvalue weighted by atomic mass is 10.2. The predicted octanol–water partition coefficient (Wildman–Crippen LogP) is 1.76. The Bertz CT molecular complexity index is 982. The van der Waals surface area contributed by atoms with E-state index in [9.17, 15) is 14.9 Å². The molecule has 1 saturated carbocycles. The van der Waals surface area contributed by atoms with Crippen molar-refractivity contribution >= 4 is 11.5 Å². The Morgan fingerprint density at radius 1 is 1.46 bits per heavy atom. The zero-order valence-electron chi connectivity index (χ0n) is 15.0. The quantitative estimate of drug-likeness (QED) is 0.816. The van der Waals surface area contributed by atoms with Gasteiger partial charge in [0.1, 0.15) is 6.07 Å². The highest BCUT2D eigenvalue weighted by Crippen LogP contribution is 2.39. The Labute approximate surface area is 150 Å². The number of aromatic nitrogens is 3. The van der Waals surface area contributed by atoms with Crippen molar-refractivity contribution in [1.29, 1.82) is 5.26 Å². The Morgan fingerprint density at radius 2 is 2.19 bits per heavy atom. The molecule has 1 aliphatic carbocycles. The van der Waals surface area contributed by atoms with E-state index in [1.165, 1.54) is 6.20 Å². The van der Waals surface area contributed by atoms with Crippen molar-refractivity contribution in [2.45, 2.75) is 32.7 Å². The summed E-state index contributed by atoms with van der Waals surface area (Å²) in [4.78, 5) is 31.5. The van der Waals surface area contributed by atoms with Crippen LogP contribution in [0.1, 0.15) is 35.8 Å². The zero-order valence-corrected chi connectivity index (χ0v) is 15.0. The minimum atomic E-state index is -0.318. The van der Waals surface area contributed by atoms with Gasteiger partial charge in [0, 0.05) is 24.6 Å². The lowest BCUT2D eigenvalue weighted by Gasteiger charge is -2.20. The highest BCUT2D eigenvalue weighted by Gasteiger charge is 2.33. The molecule has 1 aliphatic rings. The molecule has 8 heteroatoms. The van der Waals surface area contributed by atoms with Gasteiger partial charge in [0.15, 0.2) is 11.5 Å². The molecule has 1 fully saturated rings. The van der Waals surface area contributed by atoms with Crippen LogP contribution in [-0.2, 0) is 4.74 Å². The molecule has 2 N–H and O–H groups in total. The third-order valence-corrected chi connectivity index (χ3v) is 4.58. The molecule has 2 aromatic heterocycles. The number of aryl methyl sites for hydroxylation is 2. The second-order valence-electron chi connectivity index (χ2n) is 6.60. The first-order valence-corrected chi connectivity index (χ1v) is 8.44. The van der Waals surface area contributed by atoms with Gasteiger partial charge in [-0.15, -0.1) is 0 Å². The highest BCUT2D eigenvalue weighted by atomic mass is 16.5. The summed E-state index contributed by atoms with van der Waals surface area (Å²) in [6, 6.07) is 3.54. The summed E-state index contributed by atoms with van der Waals surface area (Å²) < 4.78 is 6.82. The van der Waals surface area contributed by atoms with Gasteiger partial charge in [-0.1, -0.05) is 0 Å². The minimum absolute atomic E-state index is 0.0559. The van der Waals surface area contributed by atoms with Crippen LogP contribution in [0.3, 0.4) is 0 Å². The number of hydrogen-bond acceptors (Lipinski definition) is 6. The molecule has 8 nitrogen and oxygen atoms in total. The van der Waals surface area contributed by atoms with Crippen molar-refractivity contribution in [3.05, 3.63) is 49.9 Å². The van der Waals surface area contributed by atoms with Crippen molar-refractivity contribution in [3.63, 3.8) is 0 Å². The lowest BCUT2D eigenvalue weighted by molar-refractivity contribution is 0.143. The third kappa shape index (κ3) is 3.53. The molecule has 0 saturated heterocycles. The highest BCUT2D eigenvalue weighted by molar-refractivity contribution is 5.59. The number of anilines is 2. The number of pyridine rings is 1. The van der Waals surface area contributed by atoms with Crippen LogP contribution in [0.4, 0.5) is 11.5 Å². The van der Waals surface area contributed by atoms with Gasteiger partial charge >= 0.3 is 0 Å². The van der Waals surface area contributed by atoms with E-state index >= 15 is 0 Å². The number of H-pyrrole nitrogens is 1. The van der Waals surface area contributed by atoms with Crippen molar-refractivity contribution in [2.24, 2.45) is 5.92 Å². The SMILES string of the molecule is COCC(C1CC1)n1cc(C#N)nc(Nc2cc(C)c(=O)[nH]c2C)c1=O. The van der Waals surface area contributed by atoms with Crippen molar-refractivity contribution in [1.82, 2.24) is 14.5 Å². The van der Waals surface area contributed by atoms with Crippen LogP contribution in [0.2, 0.25) is 0 Å². The topological polar surface area (TPSA) is 113 Å². The number of nitrogens with one attached hydrogen (secondary N) is 2. The normalized spacial score (nSPS) is 14.7. The molecule has 0 aliphatic heterocycles. The Hall–Kier alpha value is -2.92. The molecule has 1 atom stereocenters. The molecule has 0 amide bonds. The summed E-state index contributed by atoms with van der Waals surface area (Å²) in [5.74, 6) is 0.423. The van der Waals surface area contributed by atoms with E-state index in [0.717, 1.165) is 12.8 Å². The molecule has 0 radical (unpaired) electrons. The zero-order chi connectivity index (χ0) is 18.8. The first kappa shape index (κ1) is 17.9. The number of aromatic amines is 1. The summed E-state index contributed by atoms with van der Waals surface area (Å²) in [6.07, 6.45) is 3.55. The second kappa shape index (κ2) is 7.14. The van der Waals surface area contributed by atoms with Crippen LogP contribution in [0.5, 0.6) is 0 Å². The summed E-state index contributed by atoms with van der Waals surface area (Å²) >= 11 is 0. The van der Waals surface area contributed by atoms with Crippen LogP contribution >= 0.6 is 0 Å². The molecule has 2 aromatic rings. The van der Waals surface area contributed by atoms with Crippen LogP contribution < -0.4 is 16.4 Å². The van der Waals surface area contributed by atoms with E-state index < -0.39 is 0 Å². The Morgan fingerprint density at radius 3 is 2.81 bits per heavy atom. The Balaban J connectivity index is 2.06. The van der Waals surface area contributed by atoms with E-state index in [4.69, 9.17) is 4.74 Å². The largest absolute Gasteiger partial charge is 0.383 e. The maximum absolute atomic E-state index is 13.0. The number of ether oxygens (including phenoxy) is 1. The van der Waals surface area contributed by atoms with Gasteiger partial charge < -0.3 is 19.6 Å². The first-order chi connectivity index (χ1) is 12.4. The number of nitrogens with zero attached hydrogens (tertiary/aromatic N) is 3. The first-order valence-electron chi connectivity index (χ1n) is 8.44. The van der Waals surface area contributed by atoms with E-state index in [1.54, 1.807) is 31.6 Å². The molecular formula is C18H21N5O3. The van der Waals surface area contributed by atoms with Crippen molar-refractivity contribution in [2.75, 3.05) is 19.0 Å². The fourth-order valence-electron chi connectivity index (χ4n) is 2.97. The van der Waals surface area contributed by atoms with Gasteiger partial charge in [-0.25, -0.2) is 4.98 Å². The molecule has 136 valence electrons. The second-order valence-corrected chi connectivity index (χ2v) is 6.60. The van der Waals surface area contributed by atoms with Crippen molar-refractivity contribution < 1.29 is 4.74 Å². The maximum atomic E-state index is 13.0. The maximum Gasteiger partial charge on any atom is 0.294 e. The van der Waals surface area contributed by atoms with E-state index in [-0.39, 0.29) is 28.7 Å². The van der Waals surface area contributed by atoms with Crippen LogP contribution in [0, 0.1) is 31.1 Å². The van der Waals surface area contributed by atoms with Gasteiger partial charge in [-0.3, -0.25) is 9.59 Å². The van der Waals surface area contributed by atoms with Gasteiger partial charge in [-0.2, -0.15) is 5.26 Å². The summed E-state index contributed by atoms with van der Waals surface area (Å²) in [7, 11) is 1.60. The third-order valence-electron chi connectivity index (χ3n) is 4.58. The average Bonchev–Trinajstić information content (AvgIpc) is 3.44. The van der Waals surface area contributed by atoms with E-state index in [0.29, 0.717) is 29.5 Å². The number of nitriles is 1. The number of hydrogen-bond donors (Lipinski definition) is 2.